The molecule has 9 nitrogen and oxygen atoms in total. The Kier molecular flexibility index (Phi) is 6.99. The Morgan fingerprint density at radius 1 is 1.17 bits per heavy atom. The molecule has 0 aliphatic carbocycles. The van der Waals surface area contributed by atoms with E-state index in [4.69, 9.17) is 9.47 Å². The van der Waals surface area contributed by atoms with Crippen molar-refractivity contribution in [3.63, 3.8) is 0 Å². The van der Waals surface area contributed by atoms with Crippen molar-refractivity contribution in [1.82, 2.24) is 14.5 Å². The van der Waals surface area contributed by atoms with Crippen molar-refractivity contribution in [2.24, 2.45) is 0 Å². The van der Waals surface area contributed by atoms with Crippen LogP contribution in [-0.4, -0.2) is 82.1 Å². The number of hydrogen-bond donors (Lipinski definition) is 1. The summed E-state index contributed by atoms with van der Waals surface area (Å²) in [7, 11) is -2.45. The molecule has 1 N–H and O–H groups in total. The predicted molar refractivity (Wildman–Crippen MR) is 110 cm³/mol. The molecule has 1 unspecified atom stereocenters. The van der Waals surface area contributed by atoms with E-state index in [1.165, 1.54) is 19.2 Å². The highest BCUT2D eigenvalue weighted by molar-refractivity contribution is 7.89. The number of ether oxygens (including phenoxy) is 2. The first-order valence-corrected chi connectivity index (χ1v) is 11.6. The van der Waals surface area contributed by atoms with Crippen molar-refractivity contribution in [2.75, 3.05) is 39.9 Å². The fourth-order valence-corrected chi connectivity index (χ4v) is 5.13. The second-order valence-corrected chi connectivity index (χ2v) is 9.44. The molecule has 1 aromatic carbocycles. The van der Waals surface area contributed by atoms with Crippen molar-refractivity contribution in [1.29, 1.82) is 0 Å². The highest BCUT2D eigenvalue weighted by atomic mass is 32.2. The van der Waals surface area contributed by atoms with Gasteiger partial charge in [0, 0.05) is 44.4 Å². The molecular weight excluding hydrogens is 410 g/mol. The lowest BCUT2D eigenvalue weighted by Crippen LogP contribution is -2.52. The average molecular weight is 440 g/mol. The zero-order valence-corrected chi connectivity index (χ0v) is 18.4. The molecule has 2 amide bonds. The summed E-state index contributed by atoms with van der Waals surface area (Å²) in [4.78, 5) is 28.7. The minimum atomic E-state index is -3.83. The van der Waals surface area contributed by atoms with E-state index < -0.39 is 10.0 Å². The van der Waals surface area contributed by atoms with Crippen LogP contribution in [0.25, 0.3) is 0 Å². The summed E-state index contributed by atoms with van der Waals surface area (Å²) < 4.78 is 38.4. The number of methoxy groups -OCH3 is 1. The molecule has 0 bridgehead atoms. The number of amides is 2. The fraction of sp³-hybridized carbons (Fsp3) is 0.600. The molecule has 30 heavy (non-hydrogen) atoms. The van der Waals surface area contributed by atoms with Gasteiger partial charge in [0.15, 0.2) is 0 Å². The molecule has 2 fully saturated rings. The van der Waals surface area contributed by atoms with Crippen LogP contribution in [0, 0.1) is 0 Å². The van der Waals surface area contributed by atoms with E-state index in [-0.39, 0.29) is 40.2 Å². The van der Waals surface area contributed by atoms with E-state index in [0.29, 0.717) is 32.8 Å². The standard InChI is InChI=1S/C20H29N3O6S/c1-14(2)21-30(26,27)18-13-15(6-7-16(18)28-3)19(24)22-8-10-23(11-9-22)20(25)17-5-4-12-29-17/h6-7,13-14,17,21H,4-5,8-12H2,1-3H3. The number of sulfonamides is 1. The van der Waals surface area contributed by atoms with Gasteiger partial charge in [0.1, 0.15) is 16.7 Å². The van der Waals surface area contributed by atoms with Crippen molar-refractivity contribution in [3.05, 3.63) is 23.8 Å². The van der Waals surface area contributed by atoms with Gasteiger partial charge < -0.3 is 19.3 Å². The molecule has 1 aromatic rings. The first kappa shape index (κ1) is 22.5. The van der Waals surface area contributed by atoms with Crippen molar-refractivity contribution < 1.29 is 27.5 Å². The van der Waals surface area contributed by atoms with Crippen LogP contribution in [0.1, 0.15) is 37.0 Å². The third-order valence-electron chi connectivity index (χ3n) is 5.17. The predicted octanol–water partition coefficient (Wildman–Crippen LogP) is 0.845. The molecule has 2 aliphatic heterocycles. The number of rotatable bonds is 6. The lowest BCUT2D eigenvalue weighted by Gasteiger charge is -2.35. The maximum absolute atomic E-state index is 13.0. The molecule has 1 atom stereocenters. The zero-order chi connectivity index (χ0) is 21.9. The lowest BCUT2D eigenvalue weighted by molar-refractivity contribution is -0.142. The Balaban J connectivity index is 1.71. The smallest absolute Gasteiger partial charge is 0.254 e. The molecule has 0 radical (unpaired) electrons. The number of benzene rings is 1. The van der Waals surface area contributed by atoms with Crippen LogP contribution in [-0.2, 0) is 19.6 Å². The molecule has 3 rings (SSSR count). The summed E-state index contributed by atoms with van der Waals surface area (Å²) in [5.74, 6) is -0.119. The maximum Gasteiger partial charge on any atom is 0.254 e. The van der Waals surface area contributed by atoms with Gasteiger partial charge >= 0.3 is 0 Å². The highest BCUT2D eigenvalue weighted by Gasteiger charge is 2.32. The summed E-state index contributed by atoms with van der Waals surface area (Å²) in [6.45, 7) is 5.68. The molecule has 0 spiro atoms. The Hall–Kier alpha value is -2.17. The van der Waals surface area contributed by atoms with Crippen molar-refractivity contribution in [3.8, 4) is 5.75 Å². The minimum Gasteiger partial charge on any atom is -0.495 e. The zero-order valence-electron chi connectivity index (χ0n) is 17.6. The molecule has 166 valence electrons. The van der Waals surface area contributed by atoms with Gasteiger partial charge in [-0.05, 0) is 44.9 Å². The SMILES string of the molecule is COc1ccc(C(=O)N2CCN(C(=O)C3CCCO3)CC2)cc1S(=O)(=O)NC(C)C. The highest BCUT2D eigenvalue weighted by Crippen LogP contribution is 2.26. The fourth-order valence-electron chi connectivity index (χ4n) is 3.68. The molecule has 0 aromatic heterocycles. The number of carbonyl (C=O) groups is 2. The van der Waals surface area contributed by atoms with Gasteiger partial charge in [-0.15, -0.1) is 0 Å². The second kappa shape index (κ2) is 9.32. The average Bonchev–Trinajstić information content (AvgIpc) is 3.26. The summed E-state index contributed by atoms with van der Waals surface area (Å²) >= 11 is 0. The Labute approximate surface area is 177 Å². The summed E-state index contributed by atoms with van der Waals surface area (Å²) in [5.41, 5.74) is 0.263. The van der Waals surface area contributed by atoms with E-state index in [2.05, 4.69) is 4.72 Å². The number of hydrogen-bond acceptors (Lipinski definition) is 6. The van der Waals surface area contributed by atoms with Crippen LogP contribution in [0.3, 0.4) is 0 Å². The van der Waals surface area contributed by atoms with Crippen LogP contribution in [0.2, 0.25) is 0 Å². The summed E-state index contributed by atoms with van der Waals surface area (Å²) in [5, 5.41) is 0. The van der Waals surface area contributed by atoms with Gasteiger partial charge in [-0.2, -0.15) is 0 Å². The summed E-state index contributed by atoms with van der Waals surface area (Å²) in [6.07, 6.45) is 1.27. The van der Waals surface area contributed by atoms with E-state index >= 15 is 0 Å². The first-order chi connectivity index (χ1) is 14.2. The first-order valence-electron chi connectivity index (χ1n) is 10.1. The third-order valence-corrected chi connectivity index (χ3v) is 6.85. The number of nitrogens with one attached hydrogen (secondary N) is 1. The van der Waals surface area contributed by atoms with Gasteiger partial charge in [-0.3, -0.25) is 9.59 Å². The minimum absolute atomic E-state index is 0.0165. The van der Waals surface area contributed by atoms with Crippen LogP contribution in [0.4, 0.5) is 0 Å². The van der Waals surface area contributed by atoms with Crippen LogP contribution >= 0.6 is 0 Å². The van der Waals surface area contributed by atoms with Gasteiger partial charge in [0.05, 0.1) is 7.11 Å². The normalized spacial score (nSPS) is 19.9. The third kappa shape index (κ3) is 4.93. The van der Waals surface area contributed by atoms with Crippen LogP contribution < -0.4 is 9.46 Å². The second-order valence-electron chi connectivity index (χ2n) is 7.76. The molecule has 0 saturated carbocycles. The lowest BCUT2D eigenvalue weighted by atomic mass is 10.1. The van der Waals surface area contributed by atoms with E-state index in [9.17, 15) is 18.0 Å². The van der Waals surface area contributed by atoms with E-state index in [1.54, 1.807) is 29.7 Å². The molecule has 2 saturated heterocycles. The quantitative estimate of drug-likeness (QED) is 0.704. The van der Waals surface area contributed by atoms with Gasteiger partial charge in [0.25, 0.3) is 11.8 Å². The molecule has 10 heteroatoms. The van der Waals surface area contributed by atoms with Crippen LogP contribution in [0.5, 0.6) is 5.75 Å². The number of carbonyl (C=O) groups excluding carboxylic acids is 2. The van der Waals surface area contributed by atoms with Gasteiger partial charge in [-0.25, -0.2) is 13.1 Å². The topological polar surface area (TPSA) is 105 Å². The Bertz CT molecular complexity index is 888. The molecular formula is C20H29N3O6S. The van der Waals surface area contributed by atoms with Gasteiger partial charge in [-0.1, -0.05) is 0 Å². The summed E-state index contributed by atoms with van der Waals surface area (Å²) in [6, 6.07) is 4.09. The maximum atomic E-state index is 13.0. The van der Waals surface area contributed by atoms with Crippen LogP contribution in [0.15, 0.2) is 23.1 Å². The molecule has 2 heterocycles. The van der Waals surface area contributed by atoms with Gasteiger partial charge in [0.2, 0.25) is 10.0 Å². The number of piperazine rings is 1. The molecule has 2 aliphatic rings. The van der Waals surface area contributed by atoms with E-state index in [1.807, 2.05) is 0 Å². The Morgan fingerprint density at radius 3 is 2.40 bits per heavy atom. The van der Waals surface area contributed by atoms with E-state index in [0.717, 1.165) is 12.8 Å². The Morgan fingerprint density at radius 2 is 1.83 bits per heavy atom. The number of nitrogens with zero attached hydrogens (tertiary/aromatic N) is 2. The van der Waals surface area contributed by atoms with Crippen molar-refractivity contribution in [2.45, 2.75) is 43.7 Å². The van der Waals surface area contributed by atoms with Crippen molar-refractivity contribution >= 4 is 21.8 Å². The monoisotopic (exact) mass is 439 g/mol. The largest absolute Gasteiger partial charge is 0.495 e.